The molecule has 0 saturated heterocycles. The van der Waals surface area contributed by atoms with E-state index in [-0.39, 0.29) is 0 Å². The maximum atomic E-state index is 5.21. The lowest BCUT2D eigenvalue weighted by Gasteiger charge is -2.05. The van der Waals surface area contributed by atoms with Crippen molar-refractivity contribution in [3.63, 3.8) is 0 Å². The zero-order valence-electron chi connectivity index (χ0n) is 11.3. The Bertz CT molecular complexity index is 517. The Morgan fingerprint density at radius 3 is 2.42 bits per heavy atom. The number of nitrogens with one attached hydrogen (secondary N) is 1. The summed E-state index contributed by atoms with van der Waals surface area (Å²) >= 11 is 0. The Hall–Kier alpha value is -2.08. The van der Waals surface area contributed by atoms with E-state index in [9.17, 15) is 0 Å². The molecule has 102 valence electrons. The number of methoxy groups -OCH3 is 2. The largest absolute Gasteiger partial charge is 0.497 e. The van der Waals surface area contributed by atoms with Gasteiger partial charge in [0.2, 0.25) is 11.7 Å². The molecular weight excluding hydrogens is 246 g/mol. The summed E-state index contributed by atoms with van der Waals surface area (Å²) in [5, 5.41) is 7.08. The van der Waals surface area contributed by atoms with E-state index in [1.54, 1.807) is 20.3 Å². The van der Waals surface area contributed by atoms with Crippen LogP contribution in [0, 0.1) is 0 Å². The van der Waals surface area contributed by atoms with Crippen LogP contribution in [0.25, 0.3) is 11.4 Å². The van der Waals surface area contributed by atoms with Gasteiger partial charge in [-0.05, 0) is 18.7 Å². The first kappa shape index (κ1) is 13.4. The van der Waals surface area contributed by atoms with E-state index in [4.69, 9.17) is 14.0 Å². The molecule has 0 unspecified atom stereocenters. The average molecular weight is 263 g/mol. The van der Waals surface area contributed by atoms with Crippen molar-refractivity contribution in [1.82, 2.24) is 15.5 Å². The van der Waals surface area contributed by atoms with Crippen LogP contribution in [0.4, 0.5) is 0 Å². The van der Waals surface area contributed by atoms with Crippen LogP contribution in [0.2, 0.25) is 0 Å². The zero-order valence-corrected chi connectivity index (χ0v) is 11.3. The highest BCUT2D eigenvalue weighted by Gasteiger charge is 2.11. The summed E-state index contributed by atoms with van der Waals surface area (Å²) in [4.78, 5) is 4.32. The van der Waals surface area contributed by atoms with Gasteiger partial charge in [-0.1, -0.05) is 12.1 Å². The summed E-state index contributed by atoms with van der Waals surface area (Å²) in [6.07, 6.45) is 0. The first-order valence-corrected chi connectivity index (χ1v) is 6.03. The van der Waals surface area contributed by atoms with Crippen molar-refractivity contribution in [1.29, 1.82) is 0 Å². The van der Waals surface area contributed by atoms with Crippen molar-refractivity contribution in [2.75, 3.05) is 20.8 Å². The maximum Gasteiger partial charge on any atom is 0.240 e. The highest BCUT2D eigenvalue weighted by atomic mass is 16.5. The first-order valence-electron chi connectivity index (χ1n) is 6.03. The van der Waals surface area contributed by atoms with E-state index < -0.39 is 0 Å². The average Bonchev–Trinajstić information content (AvgIpc) is 2.93. The maximum absolute atomic E-state index is 5.21. The van der Waals surface area contributed by atoms with Crippen molar-refractivity contribution in [2.45, 2.75) is 13.5 Å². The second-order valence-corrected chi connectivity index (χ2v) is 3.89. The quantitative estimate of drug-likeness (QED) is 0.858. The Morgan fingerprint density at radius 2 is 1.84 bits per heavy atom. The molecule has 0 radical (unpaired) electrons. The SMILES string of the molecule is CCNCc1nc(-c2cc(OC)cc(OC)c2)no1. The molecule has 1 aromatic heterocycles. The normalized spacial score (nSPS) is 10.5. The standard InChI is InChI=1S/C13H17N3O3/c1-4-14-8-12-15-13(16-19-12)9-5-10(17-2)7-11(6-9)18-3/h5-7,14H,4,8H2,1-3H3. The molecule has 0 atom stereocenters. The third-order valence-corrected chi connectivity index (χ3v) is 2.60. The van der Waals surface area contributed by atoms with Crippen LogP contribution in [-0.4, -0.2) is 30.9 Å². The van der Waals surface area contributed by atoms with Crippen molar-refractivity contribution >= 4 is 0 Å². The number of hydrogen-bond acceptors (Lipinski definition) is 6. The summed E-state index contributed by atoms with van der Waals surface area (Å²) < 4.78 is 15.6. The summed E-state index contributed by atoms with van der Waals surface area (Å²) in [5.41, 5.74) is 0.794. The minimum absolute atomic E-state index is 0.519. The number of rotatable bonds is 6. The van der Waals surface area contributed by atoms with Gasteiger partial charge in [-0.2, -0.15) is 4.98 Å². The van der Waals surface area contributed by atoms with Crippen LogP contribution in [-0.2, 0) is 6.54 Å². The number of nitrogens with zero attached hydrogens (tertiary/aromatic N) is 2. The lowest BCUT2D eigenvalue weighted by Crippen LogP contribution is -2.11. The molecule has 2 aromatic rings. The van der Waals surface area contributed by atoms with E-state index >= 15 is 0 Å². The molecule has 1 heterocycles. The molecule has 0 saturated carbocycles. The molecule has 0 amide bonds. The van der Waals surface area contributed by atoms with Crippen LogP contribution in [0.15, 0.2) is 22.7 Å². The molecule has 0 aliphatic carbocycles. The second kappa shape index (κ2) is 6.19. The third-order valence-electron chi connectivity index (χ3n) is 2.60. The van der Waals surface area contributed by atoms with Gasteiger partial charge in [-0.25, -0.2) is 0 Å². The molecule has 6 nitrogen and oxygen atoms in total. The smallest absolute Gasteiger partial charge is 0.240 e. The Balaban J connectivity index is 2.27. The number of aromatic nitrogens is 2. The highest BCUT2D eigenvalue weighted by Crippen LogP contribution is 2.28. The number of ether oxygens (including phenoxy) is 2. The van der Waals surface area contributed by atoms with Gasteiger partial charge >= 0.3 is 0 Å². The predicted octanol–water partition coefficient (Wildman–Crippen LogP) is 1.86. The van der Waals surface area contributed by atoms with Gasteiger partial charge in [0.1, 0.15) is 11.5 Å². The van der Waals surface area contributed by atoms with Gasteiger partial charge in [0.05, 0.1) is 20.8 Å². The predicted molar refractivity (Wildman–Crippen MR) is 70.2 cm³/mol. The van der Waals surface area contributed by atoms with Crippen molar-refractivity contribution < 1.29 is 14.0 Å². The third kappa shape index (κ3) is 3.23. The topological polar surface area (TPSA) is 69.4 Å². The molecule has 0 spiro atoms. The molecule has 0 bridgehead atoms. The molecule has 1 N–H and O–H groups in total. The van der Waals surface area contributed by atoms with Gasteiger partial charge in [-0.3, -0.25) is 0 Å². The van der Waals surface area contributed by atoms with Gasteiger partial charge in [0.25, 0.3) is 0 Å². The van der Waals surface area contributed by atoms with E-state index in [1.807, 2.05) is 19.1 Å². The second-order valence-electron chi connectivity index (χ2n) is 3.89. The van der Waals surface area contributed by atoms with Crippen LogP contribution in [0.1, 0.15) is 12.8 Å². The van der Waals surface area contributed by atoms with Crippen LogP contribution < -0.4 is 14.8 Å². The lowest BCUT2D eigenvalue weighted by molar-refractivity contribution is 0.369. The van der Waals surface area contributed by atoms with Gasteiger partial charge < -0.3 is 19.3 Å². The summed E-state index contributed by atoms with van der Waals surface area (Å²) in [6, 6.07) is 5.47. The molecule has 1 aromatic carbocycles. The van der Waals surface area contributed by atoms with Crippen molar-refractivity contribution in [2.24, 2.45) is 0 Å². The Labute approximate surface area is 111 Å². The fraction of sp³-hybridized carbons (Fsp3) is 0.385. The number of benzene rings is 1. The van der Waals surface area contributed by atoms with Crippen LogP contribution in [0.3, 0.4) is 0 Å². The summed E-state index contributed by atoms with van der Waals surface area (Å²) in [6.45, 7) is 3.43. The van der Waals surface area contributed by atoms with Crippen LogP contribution >= 0.6 is 0 Å². The monoisotopic (exact) mass is 263 g/mol. The number of hydrogen-bond donors (Lipinski definition) is 1. The van der Waals surface area contributed by atoms with E-state index in [0.29, 0.717) is 29.8 Å². The molecule has 0 aliphatic heterocycles. The van der Waals surface area contributed by atoms with Crippen molar-refractivity contribution in [3.8, 4) is 22.9 Å². The van der Waals surface area contributed by atoms with Gasteiger partial charge in [0.15, 0.2) is 0 Å². The molecule has 6 heteroatoms. The minimum atomic E-state index is 0.519. The molecule has 0 fully saturated rings. The summed E-state index contributed by atoms with van der Waals surface area (Å²) in [5.74, 6) is 2.45. The molecule has 0 aliphatic rings. The van der Waals surface area contributed by atoms with E-state index in [2.05, 4.69) is 15.5 Å². The summed E-state index contributed by atoms with van der Waals surface area (Å²) in [7, 11) is 3.21. The van der Waals surface area contributed by atoms with E-state index in [1.165, 1.54) is 0 Å². The lowest BCUT2D eigenvalue weighted by atomic mass is 10.2. The van der Waals surface area contributed by atoms with E-state index in [0.717, 1.165) is 12.1 Å². The minimum Gasteiger partial charge on any atom is -0.497 e. The molecule has 19 heavy (non-hydrogen) atoms. The Morgan fingerprint density at radius 1 is 1.16 bits per heavy atom. The van der Waals surface area contributed by atoms with Gasteiger partial charge in [-0.15, -0.1) is 0 Å². The molecular formula is C13H17N3O3. The van der Waals surface area contributed by atoms with Gasteiger partial charge in [0, 0.05) is 11.6 Å². The Kier molecular flexibility index (Phi) is 4.35. The highest BCUT2D eigenvalue weighted by molar-refractivity contribution is 5.60. The van der Waals surface area contributed by atoms with Crippen molar-refractivity contribution in [3.05, 3.63) is 24.1 Å². The fourth-order valence-electron chi connectivity index (χ4n) is 1.61. The fourth-order valence-corrected chi connectivity index (χ4v) is 1.61. The van der Waals surface area contributed by atoms with Crippen LogP contribution in [0.5, 0.6) is 11.5 Å². The molecule has 2 rings (SSSR count). The first-order chi connectivity index (χ1) is 9.26. The zero-order chi connectivity index (χ0) is 13.7.